The highest BCUT2D eigenvalue weighted by molar-refractivity contribution is 5.94. The van der Waals surface area contributed by atoms with Crippen LogP contribution in [0.15, 0.2) is 60.7 Å². The molecule has 5 nitrogen and oxygen atoms in total. The first-order chi connectivity index (χ1) is 15.1. The van der Waals surface area contributed by atoms with E-state index in [9.17, 15) is 9.90 Å². The van der Waals surface area contributed by atoms with E-state index in [2.05, 4.69) is 46.4 Å². The van der Waals surface area contributed by atoms with Crippen LogP contribution in [0.2, 0.25) is 0 Å². The van der Waals surface area contributed by atoms with E-state index in [0.29, 0.717) is 12.1 Å². The molecule has 5 heteroatoms. The number of nitrogens with one attached hydrogen (secondary N) is 1. The monoisotopic (exact) mass is 421 g/mol. The van der Waals surface area contributed by atoms with Crippen molar-refractivity contribution < 1.29 is 9.90 Å². The van der Waals surface area contributed by atoms with Gasteiger partial charge < -0.3 is 15.3 Å². The van der Waals surface area contributed by atoms with Gasteiger partial charge in [0.1, 0.15) is 0 Å². The van der Waals surface area contributed by atoms with E-state index >= 15 is 0 Å². The van der Waals surface area contributed by atoms with Crippen molar-refractivity contribution in [1.82, 2.24) is 15.1 Å². The van der Waals surface area contributed by atoms with Crippen LogP contribution >= 0.6 is 0 Å². The molecule has 1 aliphatic carbocycles. The molecule has 2 aliphatic rings. The van der Waals surface area contributed by atoms with Crippen LogP contribution in [0.25, 0.3) is 0 Å². The van der Waals surface area contributed by atoms with Gasteiger partial charge in [0.15, 0.2) is 0 Å². The van der Waals surface area contributed by atoms with Gasteiger partial charge in [-0.25, -0.2) is 0 Å². The second-order valence-electron chi connectivity index (χ2n) is 9.25. The lowest BCUT2D eigenvalue weighted by atomic mass is 9.74. The first kappa shape index (κ1) is 22.0. The van der Waals surface area contributed by atoms with E-state index in [1.54, 1.807) is 0 Å². The predicted molar refractivity (Wildman–Crippen MR) is 124 cm³/mol. The van der Waals surface area contributed by atoms with Crippen LogP contribution in [-0.2, 0) is 5.41 Å². The van der Waals surface area contributed by atoms with Crippen LogP contribution in [0, 0.1) is 0 Å². The Hall–Kier alpha value is -2.21. The van der Waals surface area contributed by atoms with Crippen molar-refractivity contribution in [2.24, 2.45) is 0 Å². The molecule has 4 rings (SSSR count). The van der Waals surface area contributed by atoms with E-state index < -0.39 is 0 Å². The van der Waals surface area contributed by atoms with Crippen LogP contribution in [0.5, 0.6) is 0 Å². The normalized spacial score (nSPS) is 28.1. The Labute approximate surface area is 186 Å². The topological polar surface area (TPSA) is 55.8 Å². The molecule has 2 fully saturated rings. The molecule has 1 amide bonds. The minimum Gasteiger partial charge on any atom is -0.391 e. The molecule has 0 bridgehead atoms. The third kappa shape index (κ3) is 5.17. The molecular formula is C26H35N3O2. The van der Waals surface area contributed by atoms with Gasteiger partial charge >= 0.3 is 0 Å². The van der Waals surface area contributed by atoms with E-state index in [0.717, 1.165) is 51.9 Å². The zero-order chi connectivity index (χ0) is 21.7. The van der Waals surface area contributed by atoms with Crippen molar-refractivity contribution in [1.29, 1.82) is 0 Å². The van der Waals surface area contributed by atoms with Crippen LogP contribution in [0.4, 0.5) is 0 Å². The van der Waals surface area contributed by atoms with E-state index in [4.69, 9.17) is 0 Å². The van der Waals surface area contributed by atoms with Crippen molar-refractivity contribution in [3.05, 3.63) is 71.8 Å². The molecule has 2 aromatic carbocycles. The highest BCUT2D eigenvalue weighted by atomic mass is 16.3. The maximum Gasteiger partial charge on any atom is 0.251 e. The fourth-order valence-electron chi connectivity index (χ4n) is 5.24. The maximum absolute atomic E-state index is 12.8. The van der Waals surface area contributed by atoms with Crippen molar-refractivity contribution in [2.75, 3.05) is 39.8 Å². The van der Waals surface area contributed by atoms with Gasteiger partial charge in [0, 0.05) is 49.7 Å². The number of aliphatic hydroxyl groups is 1. The lowest BCUT2D eigenvalue weighted by Crippen LogP contribution is -2.52. The van der Waals surface area contributed by atoms with Gasteiger partial charge in [0.25, 0.3) is 5.91 Å². The smallest absolute Gasteiger partial charge is 0.251 e. The number of hydrogen-bond acceptors (Lipinski definition) is 4. The SMILES string of the molecule is CN1CCN([C@H]2CC[C@](CNC(=O)c3ccccc3)(c3ccccc3)CC[C@@H]2O)CC1. The second kappa shape index (κ2) is 9.94. The zero-order valence-corrected chi connectivity index (χ0v) is 18.5. The first-order valence-electron chi connectivity index (χ1n) is 11.6. The zero-order valence-electron chi connectivity index (χ0n) is 18.5. The molecule has 3 atom stereocenters. The summed E-state index contributed by atoms with van der Waals surface area (Å²) in [7, 11) is 2.16. The van der Waals surface area contributed by atoms with Gasteiger partial charge in [-0.2, -0.15) is 0 Å². The lowest BCUT2D eigenvalue weighted by molar-refractivity contribution is 0.0200. The molecule has 31 heavy (non-hydrogen) atoms. The molecule has 1 saturated carbocycles. The number of piperazine rings is 1. The first-order valence-corrected chi connectivity index (χ1v) is 11.6. The molecule has 1 saturated heterocycles. The van der Waals surface area contributed by atoms with Gasteiger partial charge in [-0.15, -0.1) is 0 Å². The highest BCUT2D eigenvalue weighted by Gasteiger charge is 2.40. The molecule has 2 aromatic rings. The number of likely N-dealkylation sites (N-methyl/N-ethyl adjacent to an activating group) is 1. The van der Waals surface area contributed by atoms with Crippen LogP contribution in [-0.4, -0.2) is 72.7 Å². The number of rotatable bonds is 5. The number of benzene rings is 2. The summed E-state index contributed by atoms with van der Waals surface area (Å²) in [5, 5.41) is 14.3. The lowest BCUT2D eigenvalue weighted by Gasteiger charge is -2.39. The molecular weight excluding hydrogens is 386 g/mol. The third-order valence-electron chi connectivity index (χ3n) is 7.30. The van der Waals surface area contributed by atoms with Gasteiger partial charge in [-0.3, -0.25) is 9.69 Å². The average Bonchev–Trinajstić information content (AvgIpc) is 2.99. The molecule has 2 N–H and O–H groups in total. The summed E-state index contributed by atoms with van der Waals surface area (Å²) in [6, 6.07) is 20.2. The minimum atomic E-state index is -0.321. The molecule has 0 radical (unpaired) electrons. The summed E-state index contributed by atoms with van der Waals surface area (Å²) in [5.41, 5.74) is 1.79. The van der Waals surface area contributed by atoms with E-state index in [1.165, 1.54) is 5.56 Å². The summed E-state index contributed by atoms with van der Waals surface area (Å²) >= 11 is 0. The van der Waals surface area contributed by atoms with Gasteiger partial charge in [0.2, 0.25) is 0 Å². The van der Waals surface area contributed by atoms with Crippen LogP contribution in [0.3, 0.4) is 0 Å². The van der Waals surface area contributed by atoms with Crippen molar-refractivity contribution in [3.8, 4) is 0 Å². The summed E-state index contributed by atoms with van der Waals surface area (Å²) < 4.78 is 0. The fourth-order valence-corrected chi connectivity index (χ4v) is 5.24. The number of hydrogen-bond donors (Lipinski definition) is 2. The predicted octanol–water partition coefficient (Wildman–Crippen LogP) is 2.91. The molecule has 1 aliphatic heterocycles. The number of nitrogens with zero attached hydrogens (tertiary/aromatic N) is 2. The Morgan fingerprint density at radius 1 is 0.968 bits per heavy atom. The third-order valence-corrected chi connectivity index (χ3v) is 7.30. The number of carbonyl (C=O) groups excluding carboxylic acids is 1. The molecule has 0 aromatic heterocycles. The molecule has 0 unspecified atom stereocenters. The number of aliphatic hydroxyl groups excluding tert-OH is 1. The maximum atomic E-state index is 12.8. The van der Waals surface area contributed by atoms with E-state index in [1.807, 2.05) is 36.4 Å². The Morgan fingerprint density at radius 3 is 2.26 bits per heavy atom. The average molecular weight is 422 g/mol. The summed E-state index contributed by atoms with van der Waals surface area (Å²) in [6.07, 6.45) is 3.21. The summed E-state index contributed by atoms with van der Waals surface area (Å²) in [6.45, 7) is 4.73. The van der Waals surface area contributed by atoms with E-state index in [-0.39, 0.29) is 23.5 Å². The van der Waals surface area contributed by atoms with Gasteiger partial charge in [-0.1, -0.05) is 48.5 Å². The molecule has 1 heterocycles. The quantitative estimate of drug-likeness (QED) is 0.729. The number of carbonyl (C=O) groups is 1. The van der Waals surface area contributed by atoms with Crippen molar-refractivity contribution >= 4 is 5.91 Å². The Kier molecular flexibility index (Phi) is 7.06. The summed E-state index contributed by atoms with van der Waals surface area (Å²) in [4.78, 5) is 17.6. The highest BCUT2D eigenvalue weighted by Crippen LogP contribution is 2.39. The summed E-state index contributed by atoms with van der Waals surface area (Å²) in [5.74, 6) is -0.0312. The van der Waals surface area contributed by atoms with Crippen molar-refractivity contribution in [2.45, 2.75) is 43.2 Å². The standard InChI is InChI=1S/C26H35N3O2/c1-28-16-18-29(19-17-28)23-12-14-26(15-13-24(23)30,22-10-6-3-7-11-22)20-27-25(31)21-8-4-2-5-9-21/h2-11,23-24,30H,12-20H2,1H3,(H,27,31)/t23-,24-,26-/m0/s1. The Balaban J connectivity index is 1.52. The van der Waals surface area contributed by atoms with Crippen molar-refractivity contribution in [3.63, 3.8) is 0 Å². The largest absolute Gasteiger partial charge is 0.391 e. The number of amides is 1. The minimum absolute atomic E-state index is 0.0312. The Morgan fingerprint density at radius 2 is 1.58 bits per heavy atom. The van der Waals surface area contributed by atoms with Crippen LogP contribution in [0.1, 0.15) is 41.6 Å². The second-order valence-corrected chi connectivity index (χ2v) is 9.25. The molecule has 166 valence electrons. The molecule has 0 spiro atoms. The van der Waals surface area contributed by atoms with Gasteiger partial charge in [-0.05, 0) is 50.4 Å². The fraction of sp³-hybridized carbons (Fsp3) is 0.500. The van der Waals surface area contributed by atoms with Crippen LogP contribution < -0.4 is 5.32 Å². The Bertz CT molecular complexity index is 836. The van der Waals surface area contributed by atoms with Gasteiger partial charge in [0.05, 0.1) is 6.10 Å².